The molecule has 10 N–H and O–H groups in total. The van der Waals surface area contributed by atoms with Gasteiger partial charge in [-0.3, -0.25) is 28.8 Å². The summed E-state index contributed by atoms with van der Waals surface area (Å²) < 4.78 is 51.7. The zero-order valence-electron chi connectivity index (χ0n) is 60.0. The van der Waals surface area contributed by atoms with Gasteiger partial charge >= 0.3 is 18.0 Å². The number of carbonyl (C=O) groups excluding carboxylic acids is 7. The molecule has 0 radical (unpaired) electrons. The Kier molecular flexibility index (Phi) is 24.0. The van der Waals surface area contributed by atoms with E-state index in [-0.39, 0.29) is 136 Å². The summed E-state index contributed by atoms with van der Waals surface area (Å²) >= 11 is 0. The minimum Gasteiger partial charge on any atom is -0.479 e. The third kappa shape index (κ3) is 16.3. The van der Waals surface area contributed by atoms with Crippen molar-refractivity contribution < 1.29 is 96.7 Å². The normalized spacial score (nSPS) is 19.7. The molecule has 0 spiro atoms. The Labute approximate surface area is 618 Å². The number of halogens is 1. The van der Waals surface area contributed by atoms with Crippen molar-refractivity contribution in [3.8, 4) is 39.7 Å². The van der Waals surface area contributed by atoms with Crippen LogP contribution in [-0.2, 0) is 109 Å². The molecule has 6 amide bonds. The highest BCUT2D eigenvalue weighted by Gasteiger charge is 2.49. The van der Waals surface area contributed by atoms with Crippen LogP contribution in [0.4, 0.5) is 14.9 Å². The quantitative estimate of drug-likeness (QED) is 0.0222. The summed E-state index contributed by atoms with van der Waals surface area (Å²) in [4.78, 5) is 128. The van der Waals surface area contributed by atoms with Crippen LogP contribution in [-0.4, -0.2) is 174 Å². The molecule has 1 fully saturated rings. The number of ether oxygens (including phenoxy) is 6. The van der Waals surface area contributed by atoms with Crippen molar-refractivity contribution in [2.45, 2.75) is 172 Å². The Bertz CT molecular complexity index is 4700. The zero-order chi connectivity index (χ0) is 76.7. The van der Waals surface area contributed by atoms with Gasteiger partial charge in [0.25, 0.3) is 5.56 Å². The lowest BCUT2D eigenvalue weighted by atomic mass is 9.81. The first kappa shape index (κ1) is 77.0. The standard InChI is InChI=1S/C76H86FN11O20/c1-5-76(102)49-33-55-63-47(37-88(55)71(97)48(49)39-105-74(76)100)62-51(23-22-44-40(2)50(77)34-53(82-63)61(44)62)83-75(101)106-38-41-21-24-56(107-73-68(95)66(93)67(94)69(108-73)72(98)99)43(32-41)35-80-57(89)25-28-79-70(96)52(17-12-13-27-78-58(90)26-29-104-31-30-103-4)81-59(91)19-10-11-20-60(92)87-36-42-14-6-7-15-45(42)65-64(84-85-86(65)3)46-16-8-9-18-54(46)87/h6-9,14-16,18,21,24,32-34,51-52,66-69,73,93-95,102H,5,10-13,17,19-20,22-23,25-31,35-39H2,1-4H3,(H,78,90)(H,79,96)(H,80,89)(H,81,91)(H,83,101)(H,98,99). The van der Waals surface area contributed by atoms with Gasteiger partial charge in [-0.05, 0) is 110 Å². The van der Waals surface area contributed by atoms with E-state index in [1.165, 1.54) is 34.9 Å². The average Bonchev–Trinajstić information content (AvgIpc) is 1.51. The van der Waals surface area contributed by atoms with Crippen LogP contribution in [0.15, 0.2) is 83.7 Å². The molecule has 4 aliphatic heterocycles. The Balaban J connectivity index is 0.697. The molecule has 32 heteroatoms. The van der Waals surface area contributed by atoms with Crippen molar-refractivity contribution in [1.29, 1.82) is 0 Å². The number of pyridine rings is 2. The number of benzene rings is 4. The topological polar surface area (TPSA) is 422 Å². The molecule has 5 aliphatic rings. The lowest BCUT2D eigenvalue weighted by molar-refractivity contribution is -0.271. The molecule has 12 rings (SSSR count). The molecule has 3 aromatic heterocycles. The number of aromatic nitrogens is 5. The van der Waals surface area contributed by atoms with Crippen molar-refractivity contribution in [1.82, 2.24) is 51.1 Å². The van der Waals surface area contributed by atoms with E-state index in [1.54, 1.807) is 30.5 Å². The predicted molar refractivity (Wildman–Crippen MR) is 382 cm³/mol. The Morgan fingerprint density at radius 1 is 0.796 bits per heavy atom. The van der Waals surface area contributed by atoms with Crippen LogP contribution in [0.2, 0.25) is 0 Å². The van der Waals surface area contributed by atoms with Crippen molar-refractivity contribution in [2.24, 2.45) is 7.05 Å². The van der Waals surface area contributed by atoms with Crippen molar-refractivity contribution in [2.75, 3.05) is 44.9 Å². The van der Waals surface area contributed by atoms with Gasteiger partial charge in [0.1, 0.15) is 54.8 Å². The van der Waals surface area contributed by atoms with Crippen LogP contribution < -0.4 is 41.8 Å². The number of nitrogens with zero attached hydrogens (tertiary/aromatic N) is 6. The number of alkyl carbamates (subject to hydrolysis) is 1. The maximum atomic E-state index is 15.7. The van der Waals surface area contributed by atoms with Gasteiger partial charge in [0.15, 0.2) is 11.7 Å². The minimum absolute atomic E-state index is 0.0207. The lowest BCUT2D eigenvalue weighted by Crippen LogP contribution is -2.61. The maximum absolute atomic E-state index is 15.7. The Hall–Kier alpha value is -10.6. The predicted octanol–water partition coefficient (Wildman–Crippen LogP) is 4.23. The smallest absolute Gasteiger partial charge is 0.407 e. The molecular weight excluding hydrogens is 1410 g/mol. The summed E-state index contributed by atoms with van der Waals surface area (Å²) in [7, 11) is 3.37. The molecule has 0 saturated carbocycles. The second-order valence-electron chi connectivity index (χ2n) is 27.3. The fourth-order valence-electron chi connectivity index (χ4n) is 14.5. The average molecular weight is 1490 g/mol. The second kappa shape index (κ2) is 33.7. The van der Waals surface area contributed by atoms with Crippen LogP contribution in [0.5, 0.6) is 5.75 Å². The number of nitrogens with one attached hydrogen (secondary N) is 5. The van der Waals surface area contributed by atoms with Crippen LogP contribution >= 0.6 is 0 Å². The Morgan fingerprint density at radius 3 is 2.35 bits per heavy atom. The first-order valence-corrected chi connectivity index (χ1v) is 36.0. The number of hydrogen-bond donors (Lipinski definition) is 10. The van der Waals surface area contributed by atoms with Crippen LogP contribution in [0.25, 0.3) is 44.8 Å². The number of carbonyl (C=O) groups is 8. The number of cyclic esters (lactones) is 1. The third-order valence-corrected chi connectivity index (χ3v) is 20.4. The molecule has 31 nitrogen and oxygen atoms in total. The monoisotopic (exact) mass is 1490 g/mol. The van der Waals surface area contributed by atoms with Gasteiger partial charge in [-0.2, -0.15) is 0 Å². The minimum atomic E-state index is -2.11. The second-order valence-corrected chi connectivity index (χ2v) is 27.3. The van der Waals surface area contributed by atoms with Crippen LogP contribution in [0, 0.1) is 12.7 Å². The molecule has 108 heavy (non-hydrogen) atoms. The van der Waals surface area contributed by atoms with Crippen molar-refractivity contribution in [3.63, 3.8) is 0 Å². The van der Waals surface area contributed by atoms with E-state index in [1.807, 2.05) is 55.6 Å². The van der Waals surface area contributed by atoms with Crippen molar-refractivity contribution in [3.05, 3.63) is 145 Å². The summed E-state index contributed by atoms with van der Waals surface area (Å²) in [5.74, 6) is -5.26. The number of unbranched alkanes of at least 4 members (excludes halogenated alkanes) is 2. The first-order valence-electron chi connectivity index (χ1n) is 36.0. The number of anilines is 1. The molecule has 1 saturated heterocycles. The number of rotatable bonds is 30. The molecule has 7 aromatic rings. The molecular formula is C76H86FN11O20. The molecule has 572 valence electrons. The van der Waals surface area contributed by atoms with Gasteiger partial charge in [-0.1, -0.05) is 60.7 Å². The lowest BCUT2D eigenvalue weighted by Gasteiger charge is -2.38. The number of aliphatic hydroxyl groups excluding tert-OH is 3. The van der Waals surface area contributed by atoms with E-state index in [9.17, 15) is 68.7 Å². The number of esters is 1. The van der Waals surface area contributed by atoms with Crippen LogP contribution in [0.1, 0.15) is 134 Å². The number of aliphatic carboxylic acids is 1. The number of para-hydroxylation sites is 1. The van der Waals surface area contributed by atoms with Gasteiger partial charge in [0.05, 0.1) is 72.8 Å². The van der Waals surface area contributed by atoms with Gasteiger partial charge < -0.3 is 90.0 Å². The van der Waals surface area contributed by atoms with E-state index < -0.39 is 102 Å². The van der Waals surface area contributed by atoms with E-state index in [2.05, 4.69) is 36.9 Å². The summed E-state index contributed by atoms with van der Waals surface area (Å²) in [6.07, 6.45) is -8.85. The largest absolute Gasteiger partial charge is 0.479 e. The highest BCUT2D eigenvalue weighted by molar-refractivity contribution is 6.00. The third-order valence-electron chi connectivity index (χ3n) is 20.4. The number of carboxylic acids is 1. The zero-order valence-corrected chi connectivity index (χ0v) is 60.0. The van der Waals surface area contributed by atoms with Gasteiger partial charge in [0.2, 0.25) is 35.8 Å². The first-order chi connectivity index (χ1) is 52.0. The number of fused-ring (bicyclic) bond motifs is 10. The van der Waals surface area contributed by atoms with E-state index in [0.717, 1.165) is 22.4 Å². The SMILES string of the molecule is CCC1(O)C(=O)OCc2c1cc1n(c2=O)Cc2c-1nc1cc(F)c(C)c3c1c2C(NC(=O)OCc1ccc(OC2OC(C(=O)O)C(O)C(O)C2O)c(CNC(=O)CCNC(=O)C(CCCCNC(=O)CCOCCOC)NC(=O)CCCCC(=O)N2Cc4ccccc4-c4c(nnn4C)-c4ccccc42)c1)CC3. The molecule has 8 atom stereocenters. The Morgan fingerprint density at radius 2 is 1.56 bits per heavy atom. The van der Waals surface area contributed by atoms with Gasteiger partial charge in [0, 0.05) is 98.7 Å². The van der Waals surface area contributed by atoms with E-state index in [0.29, 0.717) is 95.6 Å². The molecule has 0 bridgehead atoms. The number of methoxy groups -OCH3 is 1. The fourth-order valence-corrected chi connectivity index (χ4v) is 14.5. The summed E-state index contributed by atoms with van der Waals surface area (Å²) in [6, 6.07) is 20.5. The van der Waals surface area contributed by atoms with E-state index >= 15 is 4.39 Å². The maximum Gasteiger partial charge on any atom is 0.407 e. The number of hydrogen-bond acceptors (Lipinski definition) is 22. The number of aryl methyl sites for hydroxylation is 2. The van der Waals surface area contributed by atoms with Gasteiger partial charge in [-0.25, -0.2) is 28.4 Å². The highest BCUT2D eigenvalue weighted by atomic mass is 19.1. The van der Waals surface area contributed by atoms with Gasteiger partial charge in [-0.15, -0.1) is 5.10 Å². The molecule has 1 aliphatic carbocycles. The number of aliphatic hydroxyl groups is 4. The summed E-state index contributed by atoms with van der Waals surface area (Å²) in [6.45, 7) is 3.35. The van der Waals surface area contributed by atoms with Crippen molar-refractivity contribution >= 4 is 64.2 Å². The molecule has 7 heterocycles. The number of amides is 6. The fraction of sp³-hybridized carbons (Fsp3) is 0.447. The highest BCUT2D eigenvalue weighted by Crippen LogP contribution is 2.47. The summed E-state index contributed by atoms with van der Waals surface area (Å²) in [5, 5.41) is 76.8. The van der Waals surface area contributed by atoms with Crippen LogP contribution in [0.3, 0.4) is 0 Å². The molecule has 4 aromatic carbocycles. The summed E-state index contributed by atoms with van der Waals surface area (Å²) in [5.41, 5.74) is 5.69. The number of carboxylic acid groups (broad SMARTS) is 1. The molecule has 8 unspecified atom stereocenters. The van der Waals surface area contributed by atoms with E-state index in [4.69, 9.17) is 33.4 Å².